The number of likely N-dealkylation sites (tertiary alicyclic amines) is 1. The van der Waals surface area contributed by atoms with E-state index < -0.39 is 0 Å². The van der Waals surface area contributed by atoms with E-state index in [-0.39, 0.29) is 11.2 Å². The van der Waals surface area contributed by atoms with Gasteiger partial charge in [0.05, 0.1) is 18.1 Å². The summed E-state index contributed by atoms with van der Waals surface area (Å²) in [5, 5.41) is 9.29. The van der Waals surface area contributed by atoms with Crippen LogP contribution in [-0.2, 0) is 11.3 Å². The van der Waals surface area contributed by atoms with E-state index in [1.807, 2.05) is 46.7 Å². The fourth-order valence-corrected chi connectivity index (χ4v) is 4.56. The number of amides is 1. The van der Waals surface area contributed by atoms with Crippen molar-refractivity contribution in [1.82, 2.24) is 19.7 Å². The fourth-order valence-electron chi connectivity index (χ4n) is 3.63. The minimum absolute atomic E-state index is 0.186. The van der Waals surface area contributed by atoms with E-state index >= 15 is 0 Å². The molecular formula is C22H26N4O2S. The number of hydrogen-bond donors (Lipinski definition) is 0. The van der Waals surface area contributed by atoms with Gasteiger partial charge in [0.15, 0.2) is 10.9 Å². The SMILES string of the molecule is C[C@H](Sc1nnc(-c2ccco2)n1Cc1ccccc1)C(=O)N1CCCCCC1. The van der Waals surface area contributed by atoms with Gasteiger partial charge in [-0.05, 0) is 37.5 Å². The molecule has 0 radical (unpaired) electrons. The molecule has 152 valence electrons. The van der Waals surface area contributed by atoms with Crippen molar-refractivity contribution < 1.29 is 9.21 Å². The molecule has 1 fully saturated rings. The van der Waals surface area contributed by atoms with Crippen LogP contribution in [0.3, 0.4) is 0 Å². The molecule has 0 unspecified atom stereocenters. The first-order chi connectivity index (χ1) is 14.2. The highest BCUT2D eigenvalue weighted by Crippen LogP contribution is 2.29. The zero-order valence-electron chi connectivity index (χ0n) is 16.7. The molecule has 1 aromatic carbocycles. The van der Waals surface area contributed by atoms with Crippen molar-refractivity contribution in [1.29, 1.82) is 0 Å². The molecule has 0 bridgehead atoms. The molecule has 7 heteroatoms. The van der Waals surface area contributed by atoms with Gasteiger partial charge in [-0.1, -0.05) is 54.9 Å². The average Bonchev–Trinajstić information content (AvgIpc) is 3.31. The molecule has 29 heavy (non-hydrogen) atoms. The number of aromatic nitrogens is 3. The number of nitrogens with zero attached hydrogens (tertiary/aromatic N) is 4. The van der Waals surface area contributed by atoms with Crippen molar-refractivity contribution in [3.63, 3.8) is 0 Å². The number of thioether (sulfide) groups is 1. The van der Waals surface area contributed by atoms with E-state index in [4.69, 9.17) is 4.42 Å². The van der Waals surface area contributed by atoms with Crippen molar-refractivity contribution in [2.45, 2.75) is 49.6 Å². The zero-order valence-corrected chi connectivity index (χ0v) is 17.5. The molecule has 1 aliphatic rings. The molecule has 0 saturated carbocycles. The maximum atomic E-state index is 13.0. The number of benzene rings is 1. The highest BCUT2D eigenvalue weighted by Gasteiger charge is 2.25. The van der Waals surface area contributed by atoms with Crippen LogP contribution >= 0.6 is 11.8 Å². The molecule has 0 spiro atoms. The summed E-state index contributed by atoms with van der Waals surface area (Å²) < 4.78 is 7.60. The second-order valence-electron chi connectivity index (χ2n) is 7.35. The summed E-state index contributed by atoms with van der Waals surface area (Å²) in [5.41, 5.74) is 1.15. The van der Waals surface area contributed by atoms with Crippen molar-refractivity contribution in [3.8, 4) is 11.6 Å². The quantitative estimate of drug-likeness (QED) is 0.561. The van der Waals surface area contributed by atoms with Gasteiger partial charge in [-0.2, -0.15) is 0 Å². The standard InChI is InChI=1S/C22H26N4O2S/c1-17(21(27)25-13-7-2-3-8-14-25)29-22-24-23-20(19-12-9-15-28-19)26(22)16-18-10-5-4-6-11-18/h4-6,9-12,15,17H,2-3,7-8,13-14,16H2,1H3/t17-/m0/s1. The van der Waals surface area contributed by atoms with Gasteiger partial charge in [0.1, 0.15) is 0 Å². The molecule has 1 saturated heterocycles. The highest BCUT2D eigenvalue weighted by molar-refractivity contribution is 8.00. The lowest BCUT2D eigenvalue weighted by Gasteiger charge is -2.23. The van der Waals surface area contributed by atoms with Gasteiger partial charge in [0, 0.05) is 13.1 Å². The van der Waals surface area contributed by atoms with Crippen LogP contribution in [-0.4, -0.2) is 43.9 Å². The predicted octanol–water partition coefficient (Wildman–Crippen LogP) is 4.47. The lowest BCUT2D eigenvalue weighted by molar-refractivity contribution is -0.130. The second-order valence-corrected chi connectivity index (χ2v) is 8.66. The molecule has 2 aromatic heterocycles. The second kappa shape index (κ2) is 9.31. The lowest BCUT2D eigenvalue weighted by Crippen LogP contribution is -2.37. The molecule has 1 atom stereocenters. The summed E-state index contributed by atoms with van der Waals surface area (Å²) >= 11 is 1.47. The monoisotopic (exact) mass is 410 g/mol. The number of carbonyl (C=O) groups excluding carboxylic acids is 1. The summed E-state index contributed by atoms with van der Waals surface area (Å²) in [4.78, 5) is 15.0. The van der Waals surface area contributed by atoms with Crippen molar-refractivity contribution in [2.75, 3.05) is 13.1 Å². The molecule has 0 N–H and O–H groups in total. The summed E-state index contributed by atoms with van der Waals surface area (Å²) in [7, 11) is 0. The lowest BCUT2D eigenvalue weighted by atomic mass is 10.2. The maximum absolute atomic E-state index is 13.0. The summed E-state index contributed by atoms with van der Waals surface area (Å²) in [5.74, 6) is 1.54. The van der Waals surface area contributed by atoms with E-state index in [0.717, 1.165) is 36.7 Å². The van der Waals surface area contributed by atoms with Crippen LogP contribution in [0.1, 0.15) is 38.2 Å². The molecule has 4 rings (SSSR count). The van der Waals surface area contributed by atoms with Crippen molar-refractivity contribution >= 4 is 17.7 Å². The Bertz CT molecular complexity index is 916. The van der Waals surface area contributed by atoms with Crippen molar-refractivity contribution in [3.05, 3.63) is 54.3 Å². The Morgan fingerprint density at radius 3 is 2.52 bits per heavy atom. The van der Waals surface area contributed by atoms with Crippen LogP contribution < -0.4 is 0 Å². The Morgan fingerprint density at radius 1 is 1.07 bits per heavy atom. The van der Waals surface area contributed by atoms with Gasteiger partial charge < -0.3 is 9.32 Å². The first-order valence-corrected chi connectivity index (χ1v) is 11.1. The molecular weight excluding hydrogens is 384 g/mol. The van der Waals surface area contributed by atoms with Gasteiger partial charge in [-0.3, -0.25) is 9.36 Å². The zero-order chi connectivity index (χ0) is 20.1. The predicted molar refractivity (Wildman–Crippen MR) is 114 cm³/mol. The highest BCUT2D eigenvalue weighted by atomic mass is 32.2. The van der Waals surface area contributed by atoms with Crippen LogP contribution in [0.4, 0.5) is 0 Å². The number of furan rings is 1. The molecule has 3 heterocycles. The van der Waals surface area contributed by atoms with Gasteiger partial charge in [-0.15, -0.1) is 10.2 Å². The van der Waals surface area contributed by atoms with E-state index in [1.54, 1.807) is 6.26 Å². The smallest absolute Gasteiger partial charge is 0.235 e. The molecule has 6 nitrogen and oxygen atoms in total. The Hall–Kier alpha value is -2.54. The third-order valence-electron chi connectivity index (χ3n) is 5.19. The summed E-state index contributed by atoms with van der Waals surface area (Å²) in [6.45, 7) is 4.30. The Kier molecular flexibility index (Phi) is 6.34. The van der Waals surface area contributed by atoms with Crippen LogP contribution in [0.15, 0.2) is 58.3 Å². The minimum atomic E-state index is -0.212. The van der Waals surface area contributed by atoms with Crippen LogP contribution in [0, 0.1) is 0 Å². The number of rotatable bonds is 6. The third kappa shape index (κ3) is 4.72. The van der Waals surface area contributed by atoms with Crippen LogP contribution in [0.5, 0.6) is 0 Å². The number of carbonyl (C=O) groups is 1. The van der Waals surface area contributed by atoms with Gasteiger partial charge in [-0.25, -0.2) is 0 Å². The summed E-state index contributed by atoms with van der Waals surface area (Å²) in [6.07, 6.45) is 6.24. The maximum Gasteiger partial charge on any atom is 0.235 e. The molecule has 1 aliphatic heterocycles. The van der Waals surface area contributed by atoms with Crippen LogP contribution in [0.25, 0.3) is 11.6 Å². The average molecular weight is 411 g/mol. The molecule has 3 aromatic rings. The van der Waals surface area contributed by atoms with E-state index in [1.165, 1.54) is 24.6 Å². The molecule has 0 aliphatic carbocycles. The first-order valence-electron chi connectivity index (χ1n) is 10.2. The first kappa shape index (κ1) is 19.8. The largest absolute Gasteiger partial charge is 0.461 e. The Balaban J connectivity index is 1.57. The van der Waals surface area contributed by atoms with Crippen molar-refractivity contribution in [2.24, 2.45) is 0 Å². The van der Waals surface area contributed by atoms with Gasteiger partial charge in [0.2, 0.25) is 11.7 Å². The topological polar surface area (TPSA) is 64.2 Å². The third-order valence-corrected chi connectivity index (χ3v) is 6.26. The van der Waals surface area contributed by atoms with E-state index in [9.17, 15) is 4.79 Å². The van der Waals surface area contributed by atoms with E-state index in [2.05, 4.69) is 22.3 Å². The van der Waals surface area contributed by atoms with E-state index in [0.29, 0.717) is 18.1 Å². The Morgan fingerprint density at radius 2 is 1.83 bits per heavy atom. The number of hydrogen-bond acceptors (Lipinski definition) is 5. The Labute approximate surface area is 175 Å². The fraction of sp³-hybridized carbons (Fsp3) is 0.409. The van der Waals surface area contributed by atoms with Gasteiger partial charge in [0.25, 0.3) is 0 Å². The summed E-state index contributed by atoms with van der Waals surface area (Å²) in [6, 6.07) is 13.9. The van der Waals surface area contributed by atoms with Gasteiger partial charge >= 0.3 is 0 Å². The normalized spacial score (nSPS) is 15.8. The molecule has 1 amide bonds. The van der Waals surface area contributed by atoms with Crippen LogP contribution in [0.2, 0.25) is 0 Å². The minimum Gasteiger partial charge on any atom is -0.461 e.